The summed E-state index contributed by atoms with van der Waals surface area (Å²) in [5.41, 5.74) is 6.50. The molecule has 0 aromatic heterocycles. The van der Waals surface area contributed by atoms with Crippen molar-refractivity contribution < 1.29 is 14.4 Å². The Morgan fingerprint density at radius 1 is 1.23 bits per heavy atom. The first-order chi connectivity index (χ1) is 10.5. The lowest BCUT2D eigenvalue weighted by Gasteiger charge is -2.28. The van der Waals surface area contributed by atoms with Crippen LogP contribution in [-0.2, 0) is 0 Å². The summed E-state index contributed by atoms with van der Waals surface area (Å²) in [5.74, 6) is -0.949. The Morgan fingerprint density at radius 3 is 2.50 bits per heavy atom. The Kier molecular flexibility index (Phi) is 3.48. The van der Waals surface area contributed by atoms with Crippen LogP contribution in [0.5, 0.6) is 0 Å². The predicted molar refractivity (Wildman–Crippen MR) is 80.6 cm³/mol. The quantitative estimate of drug-likeness (QED) is 0.812. The van der Waals surface area contributed by atoms with Gasteiger partial charge in [-0.05, 0) is 31.0 Å². The van der Waals surface area contributed by atoms with Crippen molar-refractivity contribution in [3.63, 3.8) is 0 Å². The number of nitrogens with one attached hydrogen (secondary N) is 1. The van der Waals surface area contributed by atoms with Crippen LogP contribution in [-0.4, -0.2) is 41.8 Å². The molecule has 1 saturated carbocycles. The van der Waals surface area contributed by atoms with Gasteiger partial charge < -0.3 is 11.1 Å². The van der Waals surface area contributed by atoms with Crippen LogP contribution in [0.1, 0.15) is 56.8 Å². The molecule has 0 atom stereocenters. The Hall–Kier alpha value is -2.21. The molecule has 0 spiro atoms. The molecule has 1 aliphatic heterocycles. The van der Waals surface area contributed by atoms with E-state index in [-0.39, 0.29) is 28.8 Å². The monoisotopic (exact) mass is 301 g/mol. The number of rotatable bonds is 3. The van der Waals surface area contributed by atoms with Gasteiger partial charge in [-0.3, -0.25) is 19.3 Å². The van der Waals surface area contributed by atoms with Gasteiger partial charge in [0.25, 0.3) is 17.7 Å². The van der Waals surface area contributed by atoms with E-state index in [2.05, 4.69) is 5.32 Å². The Bertz CT molecular complexity index is 663. The number of amides is 3. The average Bonchev–Trinajstić information content (AvgIpc) is 3.08. The van der Waals surface area contributed by atoms with Crippen molar-refractivity contribution >= 4 is 17.7 Å². The second-order valence-corrected chi connectivity index (χ2v) is 6.08. The topological polar surface area (TPSA) is 92.5 Å². The number of nitrogens with zero attached hydrogens (tertiary/aromatic N) is 1. The molecule has 1 heterocycles. The molecule has 22 heavy (non-hydrogen) atoms. The molecule has 3 amide bonds. The van der Waals surface area contributed by atoms with Crippen LogP contribution >= 0.6 is 0 Å². The number of hydrogen-bond acceptors (Lipinski definition) is 4. The van der Waals surface area contributed by atoms with Gasteiger partial charge in [0.15, 0.2) is 0 Å². The fourth-order valence-electron chi connectivity index (χ4n) is 3.25. The summed E-state index contributed by atoms with van der Waals surface area (Å²) in [5, 5.41) is 3.01. The van der Waals surface area contributed by atoms with Crippen molar-refractivity contribution in [1.29, 1.82) is 0 Å². The fourth-order valence-corrected chi connectivity index (χ4v) is 3.25. The highest BCUT2D eigenvalue weighted by Crippen LogP contribution is 2.29. The van der Waals surface area contributed by atoms with Crippen LogP contribution in [0.25, 0.3) is 0 Å². The van der Waals surface area contributed by atoms with Crippen molar-refractivity contribution in [3.05, 3.63) is 34.9 Å². The summed E-state index contributed by atoms with van der Waals surface area (Å²) in [4.78, 5) is 37.4. The molecule has 0 saturated heterocycles. The van der Waals surface area contributed by atoms with E-state index in [1.165, 1.54) is 19.2 Å². The second-order valence-electron chi connectivity index (χ2n) is 6.08. The number of carbonyl (C=O) groups is 3. The third-order valence-electron chi connectivity index (χ3n) is 4.68. The van der Waals surface area contributed by atoms with E-state index in [0.29, 0.717) is 17.7 Å². The zero-order chi connectivity index (χ0) is 15.9. The molecule has 1 aromatic carbocycles. The van der Waals surface area contributed by atoms with Gasteiger partial charge in [-0.2, -0.15) is 0 Å². The zero-order valence-corrected chi connectivity index (χ0v) is 12.5. The van der Waals surface area contributed by atoms with Gasteiger partial charge in [-0.25, -0.2) is 0 Å². The third-order valence-corrected chi connectivity index (χ3v) is 4.68. The molecule has 3 N–H and O–H groups in total. The predicted octanol–water partition coefficient (Wildman–Crippen LogP) is 0.914. The molecular formula is C16H19N3O3. The zero-order valence-electron chi connectivity index (χ0n) is 12.5. The summed E-state index contributed by atoms with van der Waals surface area (Å²) in [6, 6.07) is 4.61. The molecule has 0 unspecified atom stereocenters. The third kappa shape index (κ3) is 2.20. The van der Waals surface area contributed by atoms with E-state index in [0.717, 1.165) is 30.6 Å². The standard InChI is InChI=1S/C16H19N3O3/c1-19-14(21)11-5-4-10(8-12(11)15(19)22)13(20)18-16(9-17)6-2-3-7-16/h4-5,8H,2-3,6-7,9,17H2,1H3,(H,18,20). The molecule has 0 radical (unpaired) electrons. The van der Waals surface area contributed by atoms with Gasteiger partial charge >= 0.3 is 0 Å². The normalized spacial score (nSPS) is 19.5. The van der Waals surface area contributed by atoms with Gasteiger partial charge in [-0.15, -0.1) is 0 Å². The summed E-state index contributed by atoms with van der Waals surface area (Å²) in [7, 11) is 1.44. The SMILES string of the molecule is CN1C(=O)c2ccc(C(=O)NC3(CN)CCCC3)cc2C1=O. The van der Waals surface area contributed by atoms with Crippen LogP contribution < -0.4 is 11.1 Å². The van der Waals surface area contributed by atoms with E-state index in [1.807, 2.05) is 0 Å². The largest absolute Gasteiger partial charge is 0.345 e. The van der Waals surface area contributed by atoms with Crippen LogP contribution in [0.3, 0.4) is 0 Å². The van der Waals surface area contributed by atoms with Crippen molar-refractivity contribution in [2.75, 3.05) is 13.6 Å². The van der Waals surface area contributed by atoms with Crippen molar-refractivity contribution in [2.45, 2.75) is 31.2 Å². The molecule has 2 aliphatic rings. The number of hydrogen-bond donors (Lipinski definition) is 2. The average molecular weight is 301 g/mol. The molecule has 116 valence electrons. The van der Waals surface area contributed by atoms with E-state index in [9.17, 15) is 14.4 Å². The number of fused-ring (bicyclic) bond motifs is 1. The highest BCUT2D eigenvalue weighted by Gasteiger charge is 2.36. The van der Waals surface area contributed by atoms with E-state index < -0.39 is 0 Å². The van der Waals surface area contributed by atoms with Gasteiger partial charge in [0, 0.05) is 19.2 Å². The first kappa shape index (κ1) is 14.7. The summed E-state index contributed by atoms with van der Waals surface area (Å²) in [6.07, 6.45) is 3.86. The van der Waals surface area contributed by atoms with Gasteiger partial charge in [-0.1, -0.05) is 12.8 Å². The van der Waals surface area contributed by atoms with Crippen molar-refractivity contribution in [1.82, 2.24) is 10.2 Å². The van der Waals surface area contributed by atoms with Gasteiger partial charge in [0.2, 0.25) is 0 Å². The molecule has 1 fully saturated rings. The van der Waals surface area contributed by atoms with Crippen LogP contribution in [0.15, 0.2) is 18.2 Å². The maximum atomic E-state index is 12.5. The molecule has 1 aliphatic carbocycles. The lowest BCUT2D eigenvalue weighted by atomic mass is 9.96. The molecular weight excluding hydrogens is 282 g/mol. The first-order valence-corrected chi connectivity index (χ1v) is 7.46. The Morgan fingerprint density at radius 2 is 1.86 bits per heavy atom. The number of carbonyl (C=O) groups excluding carboxylic acids is 3. The van der Waals surface area contributed by atoms with Gasteiger partial charge in [0.05, 0.1) is 16.7 Å². The van der Waals surface area contributed by atoms with Crippen molar-refractivity contribution in [2.24, 2.45) is 5.73 Å². The highest BCUT2D eigenvalue weighted by molar-refractivity contribution is 6.21. The minimum atomic E-state index is -0.371. The van der Waals surface area contributed by atoms with Crippen LogP contribution in [0.2, 0.25) is 0 Å². The number of benzene rings is 1. The second kappa shape index (κ2) is 5.21. The highest BCUT2D eigenvalue weighted by atomic mass is 16.2. The molecule has 1 aromatic rings. The molecule has 6 nitrogen and oxygen atoms in total. The van der Waals surface area contributed by atoms with Crippen molar-refractivity contribution in [3.8, 4) is 0 Å². The van der Waals surface area contributed by atoms with Crippen LogP contribution in [0, 0.1) is 0 Å². The fraction of sp³-hybridized carbons (Fsp3) is 0.438. The van der Waals surface area contributed by atoms with E-state index in [1.54, 1.807) is 6.07 Å². The number of imide groups is 1. The summed E-state index contributed by atoms with van der Waals surface area (Å²) in [6.45, 7) is 0.407. The minimum Gasteiger partial charge on any atom is -0.345 e. The summed E-state index contributed by atoms with van der Waals surface area (Å²) < 4.78 is 0. The molecule has 3 rings (SSSR count). The van der Waals surface area contributed by atoms with E-state index in [4.69, 9.17) is 5.73 Å². The maximum Gasteiger partial charge on any atom is 0.261 e. The van der Waals surface area contributed by atoms with Crippen LogP contribution in [0.4, 0.5) is 0 Å². The Balaban J connectivity index is 1.86. The first-order valence-electron chi connectivity index (χ1n) is 7.46. The smallest absolute Gasteiger partial charge is 0.261 e. The lowest BCUT2D eigenvalue weighted by Crippen LogP contribution is -2.51. The minimum absolute atomic E-state index is 0.245. The molecule has 0 bridgehead atoms. The Labute approximate surface area is 128 Å². The number of nitrogens with two attached hydrogens (primary N) is 1. The van der Waals surface area contributed by atoms with Gasteiger partial charge in [0.1, 0.15) is 0 Å². The molecule has 6 heteroatoms. The lowest BCUT2D eigenvalue weighted by molar-refractivity contribution is 0.0693. The summed E-state index contributed by atoms with van der Waals surface area (Å²) >= 11 is 0. The van der Waals surface area contributed by atoms with E-state index >= 15 is 0 Å². The maximum absolute atomic E-state index is 12.5.